The molecule has 0 bridgehead atoms. The van der Waals surface area contributed by atoms with Crippen molar-refractivity contribution in [3.8, 4) is 0 Å². The van der Waals surface area contributed by atoms with Crippen LogP contribution in [0.5, 0.6) is 0 Å². The Labute approximate surface area is 133 Å². The number of carbonyl (C=O) groups excluding carboxylic acids is 1. The summed E-state index contributed by atoms with van der Waals surface area (Å²) in [5.41, 5.74) is 6.07. The highest BCUT2D eigenvalue weighted by Crippen LogP contribution is 2.44. The van der Waals surface area contributed by atoms with Gasteiger partial charge in [0.1, 0.15) is 5.82 Å². The minimum atomic E-state index is -0.412. The van der Waals surface area contributed by atoms with Gasteiger partial charge in [-0.2, -0.15) is 4.98 Å². The molecule has 0 radical (unpaired) electrons. The van der Waals surface area contributed by atoms with Crippen LogP contribution < -0.4 is 11.1 Å². The first-order valence-corrected chi connectivity index (χ1v) is 7.69. The van der Waals surface area contributed by atoms with E-state index in [0.717, 1.165) is 24.8 Å². The van der Waals surface area contributed by atoms with Gasteiger partial charge in [0.15, 0.2) is 0 Å². The monoisotopic (exact) mass is 319 g/mol. The summed E-state index contributed by atoms with van der Waals surface area (Å²) in [5.74, 6) is 0.957. The van der Waals surface area contributed by atoms with E-state index in [4.69, 9.17) is 17.3 Å². The van der Waals surface area contributed by atoms with Crippen LogP contribution in [0, 0.1) is 0 Å². The van der Waals surface area contributed by atoms with E-state index in [1.165, 1.54) is 0 Å². The summed E-state index contributed by atoms with van der Waals surface area (Å²) in [6.07, 6.45) is 3.38. The van der Waals surface area contributed by atoms with Crippen LogP contribution in [-0.2, 0) is 16.6 Å². The van der Waals surface area contributed by atoms with E-state index < -0.39 is 5.41 Å². The summed E-state index contributed by atoms with van der Waals surface area (Å²) in [6, 6.07) is 7.56. The lowest BCUT2D eigenvalue weighted by Gasteiger charge is -2.40. The molecule has 116 valence electrons. The van der Waals surface area contributed by atoms with Gasteiger partial charge in [0.05, 0.1) is 5.41 Å². The van der Waals surface area contributed by atoms with Crippen molar-refractivity contribution in [3.05, 3.63) is 40.7 Å². The second-order valence-electron chi connectivity index (χ2n) is 5.59. The molecular formula is C15H18ClN5O. The van der Waals surface area contributed by atoms with Gasteiger partial charge in [-0.3, -0.25) is 9.89 Å². The maximum absolute atomic E-state index is 12.6. The zero-order chi connectivity index (χ0) is 15.6. The van der Waals surface area contributed by atoms with E-state index in [1.807, 2.05) is 24.3 Å². The molecule has 1 fully saturated rings. The van der Waals surface area contributed by atoms with E-state index in [2.05, 4.69) is 20.5 Å². The molecule has 6 nitrogen and oxygen atoms in total. The molecule has 22 heavy (non-hydrogen) atoms. The highest BCUT2D eigenvalue weighted by molar-refractivity contribution is 6.30. The number of amides is 1. The van der Waals surface area contributed by atoms with Crippen molar-refractivity contribution in [1.29, 1.82) is 0 Å². The quantitative estimate of drug-likeness (QED) is 0.783. The van der Waals surface area contributed by atoms with Crippen molar-refractivity contribution in [2.24, 2.45) is 0 Å². The largest absolute Gasteiger partial charge is 0.367 e. The molecule has 1 heterocycles. The van der Waals surface area contributed by atoms with Gasteiger partial charge in [0.2, 0.25) is 11.9 Å². The zero-order valence-electron chi connectivity index (χ0n) is 12.1. The molecule has 0 saturated heterocycles. The number of aromatic amines is 1. The molecule has 7 heteroatoms. The van der Waals surface area contributed by atoms with Crippen LogP contribution in [0.25, 0.3) is 0 Å². The first-order chi connectivity index (χ1) is 10.6. The highest BCUT2D eigenvalue weighted by atomic mass is 35.5. The van der Waals surface area contributed by atoms with Crippen LogP contribution >= 0.6 is 11.6 Å². The van der Waals surface area contributed by atoms with Gasteiger partial charge < -0.3 is 11.1 Å². The van der Waals surface area contributed by atoms with Crippen molar-refractivity contribution < 1.29 is 4.79 Å². The lowest BCUT2D eigenvalue weighted by molar-refractivity contribution is -0.129. The number of anilines is 1. The second kappa shape index (κ2) is 5.96. The Morgan fingerprint density at radius 3 is 2.64 bits per heavy atom. The van der Waals surface area contributed by atoms with Crippen LogP contribution in [0.4, 0.5) is 5.95 Å². The third kappa shape index (κ3) is 2.78. The van der Waals surface area contributed by atoms with E-state index in [9.17, 15) is 4.79 Å². The number of rotatable bonds is 5. The number of halogens is 1. The summed E-state index contributed by atoms with van der Waals surface area (Å²) < 4.78 is 0. The molecule has 1 aliphatic rings. The van der Waals surface area contributed by atoms with E-state index >= 15 is 0 Å². The maximum Gasteiger partial charge on any atom is 0.239 e. The van der Waals surface area contributed by atoms with Crippen LogP contribution in [0.1, 0.15) is 30.7 Å². The molecule has 2 aromatic rings. The normalized spacial score (nSPS) is 16.0. The molecule has 3 rings (SSSR count). The number of nitrogen functional groups attached to an aromatic ring is 1. The molecule has 1 amide bonds. The number of nitrogens with one attached hydrogen (secondary N) is 2. The fourth-order valence-corrected chi connectivity index (χ4v) is 2.96. The number of nitrogens with zero attached hydrogens (tertiary/aromatic N) is 2. The smallest absolute Gasteiger partial charge is 0.239 e. The molecule has 0 aliphatic heterocycles. The summed E-state index contributed by atoms with van der Waals surface area (Å²) >= 11 is 5.93. The Morgan fingerprint density at radius 2 is 2.09 bits per heavy atom. The summed E-state index contributed by atoms with van der Waals surface area (Å²) in [4.78, 5) is 16.6. The van der Waals surface area contributed by atoms with Crippen molar-refractivity contribution in [2.75, 3.05) is 12.3 Å². The Balaban J connectivity index is 1.63. The fourth-order valence-electron chi connectivity index (χ4n) is 2.83. The van der Waals surface area contributed by atoms with E-state index in [0.29, 0.717) is 23.8 Å². The van der Waals surface area contributed by atoms with Gasteiger partial charge in [-0.25, -0.2) is 0 Å². The molecule has 0 unspecified atom stereocenters. The third-order valence-corrected chi connectivity index (χ3v) is 4.49. The number of H-pyrrole nitrogens is 1. The SMILES string of the molecule is Nc1n[nH]c(CCNC(=O)C2(c3ccc(Cl)cc3)CCC2)n1. The first-order valence-electron chi connectivity index (χ1n) is 7.31. The topological polar surface area (TPSA) is 96.7 Å². The van der Waals surface area contributed by atoms with Gasteiger partial charge >= 0.3 is 0 Å². The van der Waals surface area contributed by atoms with Crippen LogP contribution in [0.3, 0.4) is 0 Å². The molecule has 0 atom stereocenters. The Kier molecular flexibility index (Phi) is 4.02. The number of aromatic nitrogens is 3. The van der Waals surface area contributed by atoms with Crippen molar-refractivity contribution in [3.63, 3.8) is 0 Å². The lowest BCUT2D eigenvalue weighted by atomic mass is 9.64. The number of benzene rings is 1. The predicted molar refractivity (Wildman–Crippen MR) is 84.5 cm³/mol. The number of nitrogens with two attached hydrogens (primary N) is 1. The number of hydrogen-bond donors (Lipinski definition) is 3. The minimum Gasteiger partial charge on any atom is -0.367 e. The summed E-state index contributed by atoms with van der Waals surface area (Å²) in [6.45, 7) is 0.503. The minimum absolute atomic E-state index is 0.0635. The van der Waals surface area contributed by atoms with E-state index in [-0.39, 0.29) is 11.9 Å². The van der Waals surface area contributed by atoms with Crippen molar-refractivity contribution >= 4 is 23.5 Å². The van der Waals surface area contributed by atoms with E-state index in [1.54, 1.807) is 0 Å². The number of carbonyl (C=O) groups is 1. The lowest BCUT2D eigenvalue weighted by Crippen LogP contribution is -2.49. The van der Waals surface area contributed by atoms with Crippen LogP contribution in [-0.4, -0.2) is 27.6 Å². The van der Waals surface area contributed by atoms with Crippen molar-refractivity contribution in [2.45, 2.75) is 31.1 Å². The molecule has 1 aromatic carbocycles. The van der Waals surface area contributed by atoms with Gasteiger partial charge in [0, 0.05) is 18.0 Å². The zero-order valence-corrected chi connectivity index (χ0v) is 12.9. The second-order valence-corrected chi connectivity index (χ2v) is 6.03. The molecule has 1 saturated carbocycles. The molecule has 1 aromatic heterocycles. The average molecular weight is 320 g/mol. The van der Waals surface area contributed by atoms with Gasteiger partial charge in [-0.15, -0.1) is 5.10 Å². The van der Waals surface area contributed by atoms with Gasteiger partial charge in [-0.1, -0.05) is 30.2 Å². The fraction of sp³-hybridized carbons (Fsp3) is 0.400. The predicted octanol–water partition coefficient (Wildman–Crippen LogP) is 1.82. The Hall–Kier alpha value is -2.08. The summed E-state index contributed by atoms with van der Waals surface area (Å²) in [5, 5.41) is 10.2. The first kappa shape index (κ1) is 14.8. The average Bonchev–Trinajstić information content (AvgIpc) is 2.85. The Morgan fingerprint density at radius 1 is 1.36 bits per heavy atom. The summed E-state index contributed by atoms with van der Waals surface area (Å²) in [7, 11) is 0. The molecule has 4 N–H and O–H groups in total. The van der Waals surface area contributed by atoms with Gasteiger partial charge in [0.25, 0.3) is 0 Å². The van der Waals surface area contributed by atoms with Crippen LogP contribution in [0.2, 0.25) is 5.02 Å². The van der Waals surface area contributed by atoms with Crippen molar-refractivity contribution in [1.82, 2.24) is 20.5 Å². The Bertz CT molecular complexity index is 663. The number of hydrogen-bond acceptors (Lipinski definition) is 4. The maximum atomic E-state index is 12.6. The third-order valence-electron chi connectivity index (χ3n) is 4.23. The van der Waals surface area contributed by atoms with Gasteiger partial charge in [-0.05, 0) is 30.5 Å². The van der Waals surface area contributed by atoms with Crippen LogP contribution in [0.15, 0.2) is 24.3 Å². The molecule has 0 spiro atoms. The molecule has 1 aliphatic carbocycles. The molecular weight excluding hydrogens is 302 g/mol. The highest BCUT2D eigenvalue weighted by Gasteiger charge is 2.45. The standard InChI is InChI=1S/C15H18ClN5O/c16-11-4-2-10(3-5-11)15(7-1-8-15)13(22)18-9-6-12-19-14(17)21-20-12/h2-5H,1,6-9H2,(H,18,22)(H3,17,19,20,21).